The smallest absolute Gasteiger partial charge is 0.276 e. The van der Waals surface area contributed by atoms with Gasteiger partial charge in [-0.2, -0.15) is 0 Å². The Morgan fingerprint density at radius 1 is 1.00 bits per heavy atom. The molecule has 2 aliphatic carbocycles. The molecule has 5 rings (SSSR count). The predicted molar refractivity (Wildman–Crippen MR) is 89.7 cm³/mol. The van der Waals surface area contributed by atoms with E-state index >= 15 is 0 Å². The highest BCUT2D eigenvalue weighted by molar-refractivity contribution is 5.97. The van der Waals surface area contributed by atoms with E-state index in [1.54, 1.807) is 12.4 Å². The second kappa shape index (κ2) is 5.55. The van der Waals surface area contributed by atoms with Gasteiger partial charge in [-0.15, -0.1) is 0 Å². The number of hydrogen-bond acceptors (Lipinski definition) is 4. The van der Waals surface area contributed by atoms with Crippen molar-refractivity contribution >= 4 is 11.6 Å². The molecule has 0 unspecified atom stereocenters. The number of nitrogens with zero attached hydrogens (tertiary/aromatic N) is 5. The highest BCUT2D eigenvalue weighted by atomic mass is 16.2. The maximum atomic E-state index is 12.9. The van der Waals surface area contributed by atoms with Crippen molar-refractivity contribution < 1.29 is 4.79 Å². The first-order chi connectivity index (χ1) is 11.8. The Balaban J connectivity index is 1.28. The number of carbonyl (C=O) groups excluding carboxylic acids is 1. The largest absolute Gasteiger partial charge is 0.335 e. The number of imidazole rings is 1. The van der Waals surface area contributed by atoms with Crippen molar-refractivity contribution in [2.45, 2.75) is 31.7 Å². The lowest BCUT2D eigenvalue weighted by Gasteiger charge is -2.40. The van der Waals surface area contributed by atoms with Crippen molar-refractivity contribution in [2.75, 3.05) is 26.2 Å². The van der Waals surface area contributed by atoms with Crippen LogP contribution < -0.4 is 0 Å². The zero-order valence-electron chi connectivity index (χ0n) is 13.8. The average molecular weight is 325 g/mol. The Hall–Kier alpha value is -1.95. The molecule has 3 heterocycles. The molecule has 0 aromatic carbocycles. The van der Waals surface area contributed by atoms with Crippen molar-refractivity contribution in [3.05, 3.63) is 30.5 Å². The van der Waals surface area contributed by atoms with Gasteiger partial charge in [-0.25, -0.2) is 9.97 Å². The van der Waals surface area contributed by atoms with E-state index in [2.05, 4.69) is 14.9 Å². The maximum Gasteiger partial charge on any atom is 0.276 e. The molecule has 6 nitrogen and oxygen atoms in total. The summed E-state index contributed by atoms with van der Waals surface area (Å²) < 4.78 is 1.85. The number of piperazine rings is 1. The van der Waals surface area contributed by atoms with Crippen LogP contribution in [0.3, 0.4) is 0 Å². The SMILES string of the molecule is O=C(c1nccn2ccnc12)N1CCN([C@H]2C[C@H]3CC[C@H]2C3)CC1. The van der Waals surface area contributed by atoms with E-state index in [1.807, 2.05) is 21.7 Å². The number of carbonyl (C=O) groups is 1. The lowest BCUT2D eigenvalue weighted by Crippen LogP contribution is -2.53. The Morgan fingerprint density at radius 3 is 2.50 bits per heavy atom. The lowest BCUT2D eigenvalue weighted by molar-refractivity contribution is 0.0492. The van der Waals surface area contributed by atoms with Crippen molar-refractivity contribution in [1.82, 2.24) is 24.2 Å². The number of hydrogen-bond donors (Lipinski definition) is 0. The molecule has 2 aromatic heterocycles. The van der Waals surface area contributed by atoms with Gasteiger partial charge in [0.05, 0.1) is 0 Å². The molecule has 0 radical (unpaired) electrons. The van der Waals surface area contributed by atoms with Crippen LogP contribution in [0.15, 0.2) is 24.8 Å². The van der Waals surface area contributed by atoms with Crippen LogP contribution in [0, 0.1) is 11.8 Å². The van der Waals surface area contributed by atoms with Gasteiger partial charge in [0.2, 0.25) is 0 Å². The summed E-state index contributed by atoms with van der Waals surface area (Å²) in [5.41, 5.74) is 1.12. The molecule has 3 atom stereocenters. The summed E-state index contributed by atoms with van der Waals surface area (Å²) in [5.74, 6) is 1.90. The van der Waals surface area contributed by atoms with E-state index in [-0.39, 0.29) is 5.91 Å². The van der Waals surface area contributed by atoms with E-state index in [0.717, 1.165) is 44.1 Å². The van der Waals surface area contributed by atoms with Gasteiger partial charge in [0.15, 0.2) is 11.3 Å². The summed E-state index contributed by atoms with van der Waals surface area (Å²) in [6.07, 6.45) is 12.7. The Labute approximate surface area is 141 Å². The second-order valence-electron chi connectivity index (χ2n) is 7.50. The van der Waals surface area contributed by atoms with Crippen LogP contribution in [-0.4, -0.2) is 62.3 Å². The van der Waals surface area contributed by atoms with E-state index in [9.17, 15) is 4.79 Å². The van der Waals surface area contributed by atoms with Crippen molar-refractivity contribution in [1.29, 1.82) is 0 Å². The maximum absolute atomic E-state index is 12.9. The Kier molecular flexibility index (Phi) is 3.33. The van der Waals surface area contributed by atoms with Crippen molar-refractivity contribution in [2.24, 2.45) is 11.8 Å². The molecule has 1 aliphatic heterocycles. The number of rotatable bonds is 2. The monoisotopic (exact) mass is 325 g/mol. The Bertz CT molecular complexity index is 764. The van der Waals surface area contributed by atoms with Crippen LogP contribution >= 0.6 is 0 Å². The number of aromatic nitrogens is 3. The molecule has 6 heteroatoms. The van der Waals surface area contributed by atoms with Gasteiger partial charge in [-0.05, 0) is 31.1 Å². The minimum Gasteiger partial charge on any atom is -0.335 e. The first-order valence-electron chi connectivity index (χ1n) is 9.10. The molecule has 0 spiro atoms. The zero-order valence-corrected chi connectivity index (χ0v) is 13.8. The molecule has 24 heavy (non-hydrogen) atoms. The van der Waals surface area contributed by atoms with Gasteiger partial charge < -0.3 is 9.30 Å². The molecule has 2 bridgehead atoms. The summed E-state index contributed by atoms with van der Waals surface area (Å²) in [4.78, 5) is 26.0. The van der Waals surface area contributed by atoms with E-state index in [4.69, 9.17) is 0 Å². The van der Waals surface area contributed by atoms with Crippen LogP contribution in [0.1, 0.15) is 36.2 Å². The number of amides is 1. The van der Waals surface area contributed by atoms with Gasteiger partial charge in [0, 0.05) is 57.0 Å². The minimum atomic E-state index is 0.0133. The molecule has 3 fully saturated rings. The predicted octanol–water partition coefficient (Wildman–Crippen LogP) is 1.68. The fourth-order valence-electron chi connectivity index (χ4n) is 5.07. The van der Waals surface area contributed by atoms with E-state index in [1.165, 1.54) is 25.7 Å². The van der Waals surface area contributed by atoms with Crippen LogP contribution in [-0.2, 0) is 0 Å². The summed E-state index contributed by atoms with van der Waals surface area (Å²) >= 11 is 0. The van der Waals surface area contributed by atoms with Crippen LogP contribution in [0.4, 0.5) is 0 Å². The molecule has 2 saturated carbocycles. The standard InChI is InChI=1S/C18H23N5O/c24-18(16-17-20-4-6-22(17)5-3-19-16)23-9-7-21(8-10-23)15-12-13-1-2-14(15)11-13/h3-6,13-15H,1-2,7-12H2/t13-,14-,15-/m0/s1. The fraction of sp³-hybridized carbons (Fsp3) is 0.611. The highest BCUT2D eigenvalue weighted by Crippen LogP contribution is 2.46. The number of fused-ring (bicyclic) bond motifs is 3. The summed E-state index contributed by atoms with van der Waals surface area (Å²) in [7, 11) is 0. The molecule has 3 aliphatic rings. The molecule has 0 N–H and O–H groups in total. The first kappa shape index (κ1) is 14.4. The van der Waals surface area contributed by atoms with Gasteiger partial charge in [0.1, 0.15) is 0 Å². The third-order valence-corrected chi connectivity index (χ3v) is 6.29. The van der Waals surface area contributed by atoms with Gasteiger partial charge in [-0.3, -0.25) is 9.69 Å². The third-order valence-electron chi connectivity index (χ3n) is 6.29. The zero-order chi connectivity index (χ0) is 16.1. The van der Waals surface area contributed by atoms with Crippen molar-refractivity contribution in [3.8, 4) is 0 Å². The van der Waals surface area contributed by atoms with Crippen molar-refractivity contribution in [3.63, 3.8) is 0 Å². The molecule has 1 amide bonds. The Morgan fingerprint density at radius 2 is 1.79 bits per heavy atom. The minimum absolute atomic E-state index is 0.0133. The topological polar surface area (TPSA) is 53.7 Å². The van der Waals surface area contributed by atoms with Crippen LogP contribution in [0.5, 0.6) is 0 Å². The summed E-state index contributed by atoms with van der Waals surface area (Å²) in [6.45, 7) is 3.60. The quantitative estimate of drug-likeness (QED) is 0.843. The normalized spacial score (nSPS) is 30.3. The van der Waals surface area contributed by atoms with Gasteiger partial charge in [0.25, 0.3) is 5.91 Å². The second-order valence-corrected chi connectivity index (χ2v) is 7.50. The molecule has 126 valence electrons. The van der Waals surface area contributed by atoms with Gasteiger partial charge >= 0.3 is 0 Å². The third kappa shape index (κ3) is 2.24. The van der Waals surface area contributed by atoms with E-state index in [0.29, 0.717) is 11.3 Å². The lowest BCUT2D eigenvalue weighted by atomic mass is 9.93. The summed E-state index contributed by atoms with van der Waals surface area (Å²) in [6, 6.07) is 0.773. The van der Waals surface area contributed by atoms with E-state index < -0.39 is 0 Å². The van der Waals surface area contributed by atoms with Crippen LogP contribution in [0.25, 0.3) is 5.65 Å². The molecular formula is C18H23N5O. The van der Waals surface area contributed by atoms with Gasteiger partial charge in [-0.1, -0.05) is 6.42 Å². The molecular weight excluding hydrogens is 302 g/mol. The van der Waals surface area contributed by atoms with Crippen LogP contribution in [0.2, 0.25) is 0 Å². The highest BCUT2D eigenvalue weighted by Gasteiger charge is 2.43. The molecule has 2 aromatic rings. The fourth-order valence-corrected chi connectivity index (χ4v) is 5.07. The molecule has 1 saturated heterocycles. The summed E-state index contributed by atoms with van der Waals surface area (Å²) in [5, 5.41) is 0. The first-order valence-corrected chi connectivity index (χ1v) is 9.10. The average Bonchev–Trinajstić information content (AvgIpc) is 3.36.